The Balaban J connectivity index is 1.93. The zero-order valence-electron chi connectivity index (χ0n) is 5.56. The smallest absolute Gasteiger partial charge is 0.0552 e. The molecule has 2 heteroatoms. The SMILES string of the molecule is C1CSCC2(C1)COC2. The first-order valence-corrected chi connectivity index (χ1v) is 4.72. The van der Waals surface area contributed by atoms with Crippen LogP contribution in [-0.2, 0) is 4.74 Å². The van der Waals surface area contributed by atoms with Gasteiger partial charge >= 0.3 is 0 Å². The average Bonchev–Trinajstić information content (AvgIpc) is 1.87. The van der Waals surface area contributed by atoms with Crippen molar-refractivity contribution in [2.75, 3.05) is 24.7 Å². The molecule has 0 aromatic rings. The fraction of sp³-hybridized carbons (Fsp3) is 1.00. The van der Waals surface area contributed by atoms with Crippen molar-refractivity contribution in [1.29, 1.82) is 0 Å². The summed E-state index contributed by atoms with van der Waals surface area (Å²) in [5.41, 5.74) is 0.642. The van der Waals surface area contributed by atoms with E-state index >= 15 is 0 Å². The van der Waals surface area contributed by atoms with E-state index in [2.05, 4.69) is 11.8 Å². The van der Waals surface area contributed by atoms with E-state index in [-0.39, 0.29) is 0 Å². The van der Waals surface area contributed by atoms with Gasteiger partial charge in [-0.05, 0) is 18.6 Å². The molecular weight excluding hydrogens is 132 g/mol. The predicted molar refractivity (Wildman–Crippen MR) is 39.8 cm³/mol. The summed E-state index contributed by atoms with van der Waals surface area (Å²) in [6.45, 7) is 2.08. The Bertz CT molecular complexity index is 101. The molecule has 2 aliphatic rings. The zero-order chi connectivity index (χ0) is 6.16. The van der Waals surface area contributed by atoms with Crippen LogP contribution in [0.2, 0.25) is 0 Å². The molecule has 2 aliphatic heterocycles. The van der Waals surface area contributed by atoms with Crippen molar-refractivity contribution < 1.29 is 4.74 Å². The molecule has 2 heterocycles. The van der Waals surface area contributed by atoms with Gasteiger partial charge in [-0.3, -0.25) is 0 Å². The maximum absolute atomic E-state index is 5.20. The highest BCUT2D eigenvalue weighted by Crippen LogP contribution is 2.40. The van der Waals surface area contributed by atoms with E-state index in [0.29, 0.717) is 5.41 Å². The van der Waals surface area contributed by atoms with Gasteiger partial charge in [-0.25, -0.2) is 0 Å². The summed E-state index contributed by atoms with van der Waals surface area (Å²) in [6, 6.07) is 0. The van der Waals surface area contributed by atoms with Crippen molar-refractivity contribution in [3.8, 4) is 0 Å². The lowest BCUT2D eigenvalue weighted by Gasteiger charge is -2.43. The van der Waals surface area contributed by atoms with E-state index in [1.165, 1.54) is 24.3 Å². The van der Waals surface area contributed by atoms with Crippen LogP contribution in [0.1, 0.15) is 12.8 Å². The van der Waals surface area contributed by atoms with Gasteiger partial charge in [0.25, 0.3) is 0 Å². The monoisotopic (exact) mass is 144 g/mol. The second kappa shape index (κ2) is 2.17. The number of ether oxygens (including phenoxy) is 1. The molecule has 2 rings (SSSR count). The van der Waals surface area contributed by atoms with Crippen molar-refractivity contribution in [1.82, 2.24) is 0 Å². The molecule has 2 fully saturated rings. The second-order valence-corrected chi connectivity index (χ2v) is 4.25. The maximum atomic E-state index is 5.20. The lowest BCUT2D eigenvalue weighted by molar-refractivity contribution is -0.104. The molecule has 0 unspecified atom stereocenters. The summed E-state index contributed by atoms with van der Waals surface area (Å²) in [4.78, 5) is 0. The quantitative estimate of drug-likeness (QED) is 0.510. The Morgan fingerprint density at radius 3 is 2.56 bits per heavy atom. The average molecular weight is 144 g/mol. The number of hydrogen-bond donors (Lipinski definition) is 0. The zero-order valence-corrected chi connectivity index (χ0v) is 6.38. The summed E-state index contributed by atoms with van der Waals surface area (Å²) in [5, 5.41) is 0. The van der Waals surface area contributed by atoms with Crippen LogP contribution in [-0.4, -0.2) is 24.7 Å². The molecule has 0 aromatic carbocycles. The minimum atomic E-state index is 0.642. The van der Waals surface area contributed by atoms with Crippen LogP contribution < -0.4 is 0 Å². The molecule has 1 spiro atoms. The lowest BCUT2D eigenvalue weighted by atomic mass is 9.83. The summed E-state index contributed by atoms with van der Waals surface area (Å²) in [7, 11) is 0. The van der Waals surface area contributed by atoms with Gasteiger partial charge in [0.1, 0.15) is 0 Å². The minimum Gasteiger partial charge on any atom is -0.380 e. The molecule has 0 atom stereocenters. The predicted octanol–water partition coefficient (Wildman–Crippen LogP) is 1.53. The molecule has 0 aromatic heterocycles. The Morgan fingerprint density at radius 1 is 1.33 bits per heavy atom. The van der Waals surface area contributed by atoms with Crippen LogP contribution in [0.25, 0.3) is 0 Å². The molecule has 0 bridgehead atoms. The van der Waals surface area contributed by atoms with Gasteiger partial charge in [0.15, 0.2) is 0 Å². The first-order valence-electron chi connectivity index (χ1n) is 3.57. The van der Waals surface area contributed by atoms with Crippen LogP contribution in [0, 0.1) is 5.41 Å². The summed E-state index contributed by atoms with van der Waals surface area (Å²) in [5.74, 6) is 2.73. The Kier molecular flexibility index (Phi) is 1.46. The fourth-order valence-corrected chi connectivity index (χ4v) is 2.77. The van der Waals surface area contributed by atoms with Crippen LogP contribution >= 0.6 is 11.8 Å². The molecule has 1 nitrogen and oxygen atoms in total. The van der Waals surface area contributed by atoms with Crippen molar-refractivity contribution in [2.45, 2.75) is 12.8 Å². The van der Waals surface area contributed by atoms with Crippen LogP contribution in [0.5, 0.6) is 0 Å². The molecule has 9 heavy (non-hydrogen) atoms. The molecule has 0 N–H and O–H groups in total. The summed E-state index contributed by atoms with van der Waals surface area (Å²) < 4.78 is 5.20. The van der Waals surface area contributed by atoms with Crippen molar-refractivity contribution >= 4 is 11.8 Å². The van der Waals surface area contributed by atoms with Crippen molar-refractivity contribution in [2.24, 2.45) is 5.41 Å². The van der Waals surface area contributed by atoms with E-state index < -0.39 is 0 Å². The van der Waals surface area contributed by atoms with E-state index in [9.17, 15) is 0 Å². The van der Waals surface area contributed by atoms with Gasteiger partial charge in [0.05, 0.1) is 13.2 Å². The second-order valence-electron chi connectivity index (χ2n) is 3.15. The van der Waals surface area contributed by atoms with Gasteiger partial charge in [0, 0.05) is 11.2 Å². The largest absolute Gasteiger partial charge is 0.380 e. The fourth-order valence-electron chi connectivity index (χ4n) is 1.53. The normalized spacial score (nSPS) is 32.0. The van der Waals surface area contributed by atoms with Gasteiger partial charge in [-0.2, -0.15) is 11.8 Å². The van der Waals surface area contributed by atoms with E-state index in [1.807, 2.05) is 0 Å². The highest BCUT2D eigenvalue weighted by Gasteiger charge is 2.39. The van der Waals surface area contributed by atoms with Crippen molar-refractivity contribution in [3.05, 3.63) is 0 Å². The van der Waals surface area contributed by atoms with Gasteiger partial charge < -0.3 is 4.74 Å². The summed E-state index contributed by atoms with van der Waals surface area (Å²) in [6.07, 6.45) is 2.83. The first kappa shape index (κ1) is 6.05. The molecule has 0 aliphatic carbocycles. The third kappa shape index (κ3) is 0.987. The Hall–Kier alpha value is 0.310. The molecule has 0 saturated carbocycles. The van der Waals surface area contributed by atoms with Gasteiger partial charge in [0.2, 0.25) is 0 Å². The molecule has 2 saturated heterocycles. The third-order valence-electron chi connectivity index (χ3n) is 2.22. The third-order valence-corrected chi connectivity index (χ3v) is 3.61. The minimum absolute atomic E-state index is 0.642. The van der Waals surface area contributed by atoms with E-state index in [1.54, 1.807) is 0 Å². The highest BCUT2D eigenvalue weighted by atomic mass is 32.2. The Morgan fingerprint density at radius 2 is 2.22 bits per heavy atom. The van der Waals surface area contributed by atoms with Crippen molar-refractivity contribution in [3.63, 3.8) is 0 Å². The number of hydrogen-bond acceptors (Lipinski definition) is 2. The summed E-state index contributed by atoms with van der Waals surface area (Å²) >= 11 is 2.10. The standard InChI is InChI=1S/C7H12OS/c1-2-7(4-8-5-7)6-9-3-1/h1-6H2. The molecule has 52 valence electrons. The topological polar surface area (TPSA) is 9.23 Å². The first-order chi connectivity index (χ1) is 4.41. The van der Waals surface area contributed by atoms with E-state index in [4.69, 9.17) is 4.74 Å². The van der Waals surface area contributed by atoms with Crippen LogP contribution in [0.4, 0.5) is 0 Å². The van der Waals surface area contributed by atoms with Gasteiger partial charge in [-0.15, -0.1) is 0 Å². The highest BCUT2D eigenvalue weighted by molar-refractivity contribution is 7.99. The Labute approximate surface area is 60.2 Å². The van der Waals surface area contributed by atoms with Crippen LogP contribution in [0.3, 0.4) is 0 Å². The molecule has 0 radical (unpaired) electrons. The van der Waals surface area contributed by atoms with E-state index in [0.717, 1.165) is 13.2 Å². The lowest BCUT2D eigenvalue weighted by Crippen LogP contribution is -2.46. The maximum Gasteiger partial charge on any atom is 0.0552 e. The molecular formula is C7H12OS. The van der Waals surface area contributed by atoms with Crippen LogP contribution in [0.15, 0.2) is 0 Å². The number of rotatable bonds is 0. The van der Waals surface area contributed by atoms with Gasteiger partial charge in [-0.1, -0.05) is 0 Å². The number of thioether (sulfide) groups is 1. The molecule has 0 amide bonds.